The summed E-state index contributed by atoms with van der Waals surface area (Å²) in [7, 11) is -4.95. The Kier molecular flexibility index (Phi) is 6.46. The van der Waals surface area contributed by atoms with Gasteiger partial charge in [-0.3, -0.25) is 4.79 Å². The van der Waals surface area contributed by atoms with Gasteiger partial charge in [-0.1, -0.05) is 11.7 Å². The van der Waals surface area contributed by atoms with Crippen molar-refractivity contribution in [2.45, 2.75) is 17.7 Å². The van der Waals surface area contributed by atoms with Crippen LogP contribution in [0.25, 0.3) is 10.4 Å². The van der Waals surface area contributed by atoms with Crippen LogP contribution in [0.1, 0.15) is 12.8 Å². The van der Waals surface area contributed by atoms with Gasteiger partial charge in [-0.2, -0.15) is 0 Å². The van der Waals surface area contributed by atoms with Crippen LogP contribution in [-0.4, -0.2) is 20.7 Å². The van der Waals surface area contributed by atoms with Crippen LogP contribution < -0.4 is 4.72 Å². The van der Waals surface area contributed by atoms with Gasteiger partial charge in [0.2, 0.25) is 10.0 Å². The smallest absolute Gasteiger partial charge is 0.246 e. The third-order valence-electron chi connectivity index (χ3n) is 2.73. The number of carbonyl (C=O) groups excluding carboxylic acids is 1. The molecule has 0 aromatic heterocycles. The van der Waals surface area contributed by atoms with E-state index in [1.807, 2.05) is 4.91 Å². The Hall–Kier alpha value is -2.43. The molecule has 0 spiro atoms. The maximum Gasteiger partial charge on any atom is 0.246 e. The number of allylic oxidation sites excluding steroid dienone is 1. The molecule has 1 rings (SSSR count). The van der Waals surface area contributed by atoms with E-state index in [9.17, 15) is 30.8 Å². The van der Waals surface area contributed by atoms with Gasteiger partial charge in [-0.15, -0.1) is 0 Å². The summed E-state index contributed by atoms with van der Waals surface area (Å²) in [6.45, 7) is 2.78. The molecule has 0 bridgehead atoms. The highest BCUT2D eigenvalue weighted by Crippen LogP contribution is 2.32. The maximum absolute atomic E-state index is 13.8. The molecule has 130 valence electrons. The van der Waals surface area contributed by atoms with E-state index in [0.717, 1.165) is 6.08 Å². The van der Waals surface area contributed by atoms with Gasteiger partial charge in [0.1, 0.15) is 5.69 Å². The number of azide groups is 1. The number of ketones is 1. The second-order valence-electron chi connectivity index (χ2n) is 4.29. The zero-order chi connectivity index (χ0) is 18.5. The fourth-order valence-electron chi connectivity index (χ4n) is 1.61. The first-order chi connectivity index (χ1) is 11.2. The van der Waals surface area contributed by atoms with Gasteiger partial charge in [0, 0.05) is 17.9 Å². The van der Waals surface area contributed by atoms with E-state index in [-0.39, 0.29) is 18.6 Å². The zero-order valence-corrected chi connectivity index (χ0v) is 12.7. The van der Waals surface area contributed by atoms with Crippen LogP contribution in [0, 0.1) is 23.3 Å². The van der Waals surface area contributed by atoms with E-state index in [4.69, 9.17) is 5.53 Å². The molecule has 0 atom stereocenters. The van der Waals surface area contributed by atoms with Crippen molar-refractivity contribution in [2.75, 3.05) is 6.54 Å². The van der Waals surface area contributed by atoms with Crippen molar-refractivity contribution in [3.05, 3.63) is 46.4 Å². The van der Waals surface area contributed by atoms with Crippen LogP contribution in [-0.2, 0) is 14.8 Å². The molecule has 0 radical (unpaired) electrons. The molecule has 0 amide bonds. The number of rotatable bonds is 8. The summed E-state index contributed by atoms with van der Waals surface area (Å²) in [6.07, 6.45) is 0.887. The van der Waals surface area contributed by atoms with Crippen LogP contribution in [0.2, 0.25) is 0 Å². The molecule has 0 saturated heterocycles. The molecule has 24 heavy (non-hydrogen) atoms. The standard InChI is InChI=1S/C12H10F4N4O3S/c1-2-6(21)4-3-5-18-24(22,23)12-9(15)7(13)11(19-20-17)8(14)10(12)16/h2,18H,1,3-5H2. The number of hydrogen-bond donors (Lipinski definition) is 1. The average Bonchev–Trinajstić information content (AvgIpc) is 2.53. The fraction of sp³-hybridized carbons (Fsp3) is 0.250. The Bertz CT molecular complexity index is 806. The minimum atomic E-state index is -4.95. The number of halogens is 4. The average molecular weight is 366 g/mol. The van der Waals surface area contributed by atoms with E-state index < -0.39 is 50.4 Å². The van der Waals surface area contributed by atoms with Gasteiger partial charge in [-0.05, 0) is 18.0 Å². The molecule has 1 aromatic rings. The van der Waals surface area contributed by atoms with Crippen LogP contribution in [0.15, 0.2) is 22.7 Å². The molecule has 1 N–H and O–H groups in total. The molecule has 0 saturated carbocycles. The van der Waals surface area contributed by atoms with Gasteiger partial charge in [0.15, 0.2) is 33.9 Å². The van der Waals surface area contributed by atoms with Crippen molar-refractivity contribution in [1.82, 2.24) is 4.72 Å². The quantitative estimate of drug-likeness (QED) is 0.145. The van der Waals surface area contributed by atoms with E-state index in [0.29, 0.717) is 0 Å². The second kappa shape index (κ2) is 7.90. The van der Waals surface area contributed by atoms with Gasteiger partial charge in [0.05, 0.1) is 0 Å². The third-order valence-corrected chi connectivity index (χ3v) is 4.21. The summed E-state index contributed by atoms with van der Waals surface area (Å²) < 4.78 is 80.0. The molecule has 0 aliphatic heterocycles. The normalized spacial score (nSPS) is 11.0. The van der Waals surface area contributed by atoms with Gasteiger partial charge >= 0.3 is 0 Å². The fourth-order valence-corrected chi connectivity index (χ4v) is 2.82. The molecule has 0 unspecified atom stereocenters. The number of sulfonamides is 1. The van der Waals surface area contributed by atoms with Crippen molar-refractivity contribution in [1.29, 1.82) is 0 Å². The number of nitrogens with zero attached hydrogens (tertiary/aromatic N) is 3. The number of carbonyl (C=O) groups is 1. The molecule has 0 fully saturated rings. The number of nitrogens with one attached hydrogen (secondary N) is 1. The highest BCUT2D eigenvalue weighted by molar-refractivity contribution is 7.89. The molecular weight excluding hydrogens is 356 g/mol. The molecule has 0 aliphatic rings. The Morgan fingerprint density at radius 1 is 1.21 bits per heavy atom. The monoisotopic (exact) mass is 366 g/mol. The first-order valence-electron chi connectivity index (χ1n) is 6.23. The Morgan fingerprint density at radius 3 is 2.21 bits per heavy atom. The molecule has 0 heterocycles. The van der Waals surface area contributed by atoms with Crippen LogP contribution in [0.5, 0.6) is 0 Å². The molecular formula is C12H10F4N4O3S. The van der Waals surface area contributed by atoms with Crippen molar-refractivity contribution < 1.29 is 30.8 Å². The van der Waals surface area contributed by atoms with E-state index >= 15 is 0 Å². The molecule has 12 heteroatoms. The van der Waals surface area contributed by atoms with Crippen molar-refractivity contribution in [2.24, 2.45) is 5.11 Å². The van der Waals surface area contributed by atoms with Crippen molar-refractivity contribution >= 4 is 21.5 Å². The molecule has 7 nitrogen and oxygen atoms in total. The highest BCUT2D eigenvalue weighted by atomic mass is 32.2. The third kappa shape index (κ3) is 4.10. The van der Waals surface area contributed by atoms with E-state index in [2.05, 4.69) is 11.7 Å². The lowest BCUT2D eigenvalue weighted by Gasteiger charge is -2.11. The van der Waals surface area contributed by atoms with Crippen LogP contribution >= 0.6 is 0 Å². The SMILES string of the molecule is C=CC(=O)CCCNS(=O)(=O)c1c(F)c(F)c(N=[N+]=[N-])c(F)c1F. The van der Waals surface area contributed by atoms with Gasteiger partial charge in [-0.25, -0.2) is 30.7 Å². The topological polar surface area (TPSA) is 112 Å². The van der Waals surface area contributed by atoms with Crippen LogP contribution in [0.3, 0.4) is 0 Å². The minimum absolute atomic E-state index is 0.0326. The Balaban J connectivity index is 3.19. The Morgan fingerprint density at radius 2 is 1.75 bits per heavy atom. The summed E-state index contributed by atoms with van der Waals surface area (Å²) >= 11 is 0. The molecule has 1 aromatic carbocycles. The predicted octanol–water partition coefficient (Wildman–Crippen LogP) is 3.00. The lowest BCUT2D eigenvalue weighted by molar-refractivity contribution is -0.114. The predicted molar refractivity (Wildman–Crippen MR) is 74.7 cm³/mol. The number of benzene rings is 1. The summed E-state index contributed by atoms with van der Waals surface area (Å²) in [6, 6.07) is 0. The lowest BCUT2D eigenvalue weighted by atomic mass is 10.2. The van der Waals surface area contributed by atoms with Gasteiger partial charge in [0.25, 0.3) is 0 Å². The maximum atomic E-state index is 13.8. The van der Waals surface area contributed by atoms with E-state index in [1.165, 1.54) is 0 Å². The first kappa shape index (κ1) is 19.6. The zero-order valence-electron chi connectivity index (χ0n) is 11.9. The van der Waals surface area contributed by atoms with Crippen molar-refractivity contribution in [3.8, 4) is 0 Å². The molecule has 0 aliphatic carbocycles. The minimum Gasteiger partial charge on any atom is -0.295 e. The lowest BCUT2D eigenvalue weighted by Crippen LogP contribution is -2.27. The van der Waals surface area contributed by atoms with Gasteiger partial charge < -0.3 is 0 Å². The van der Waals surface area contributed by atoms with E-state index in [1.54, 1.807) is 4.72 Å². The summed E-state index contributed by atoms with van der Waals surface area (Å²) in [4.78, 5) is 11.1. The highest BCUT2D eigenvalue weighted by Gasteiger charge is 2.32. The summed E-state index contributed by atoms with van der Waals surface area (Å²) in [5, 5.41) is 2.44. The Labute approximate surface area is 133 Å². The van der Waals surface area contributed by atoms with Crippen LogP contribution in [0.4, 0.5) is 23.2 Å². The van der Waals surface area contributed by atoms with Crippen molar-refractivity contribution in [3.63, 3.8) is 0 Å². The second-order valence-corrected chi connectivity index (χ2v) is 6.00. The summed E-state index contributed by atoms with van der Waals surface area (Å²) in [5.74, 6) is -9.14. The summed E-state index contributed by atoms with van der Waals surface area (Å²) in [5.41, 5.74) is 6.48. The first-order valence-corrected chi connectivity index (χ1v) is 7.71. The largest absolute Gasteiger partial charge is 0.295 e. The number of hydrogen-bond acceptors (Lipinski definition) is 4.